The summed E-state index contributed by atoms with van der Waals surface area (Å²) in [5, 5.41) is 2.75. The molecule has 1 heterocycles. The van der Waals surface area contributed by atoms with Gasteiger partial charge >= 0.3 is 0 Å². The number of rotatable bonds is 6. The lowest BCUT2D eigenvalue weighted by Crippen LogP contribution is -2.33. The molecule has 0 aromatic heterocycles. The number of carbonyl (C=O) groups is 2. The summed E-state index contributed by atoms with van der Waals surface area (Å²) in [6, 6.07) is 15.9. The monoisotopic (exact) mass is 364 g/mol. The van der Waals surface area contributed by atoms with Gasteiger partial charge in [0.1, 0.15) is 0 Å². The highest BCUT2D eigenvalue weighted by molar-refractivity contribution is 5.98. The molecule has 0 bridgehead atoms. The van der Waals surface area contributed by atoms with Gasteiger partial charge in [-0.25, -0.2) is 0 Å². The number of carbonyl (C=O) groups excluding carboxylic acids is 2. The third-order valence-electron chi connectivity index (χ3n) is 4.55. The molecule has 2 aromatic rings. The molecule has 140 valence electrons. The Bertz CT molecular complexity index is 845. The number of amides is 2. The molecule has 1 aliphatic rings. The van der Waals surface area contributed by atoms with E-state index in [0.717, 1.165) is 22.4 Å². The predicted octanol–water partition coefficient (Wildman–Crippen LogP) is 3.25. The number of anilines is 1. The molecule has 5 nitrogen and oxygen atoms in total. The standard InChI is InChI=1S/C22H24N2O3/c1-27-15-14-23-21(25)12-13-22(26)24-16-19-8-3-2-6-17(19)10-11-18-7-4-5-9-20(18)24/h2-11H,12-16H2,1H3,(H,23,25)/b11-10-. The molecule has 0 saturated heterocycles. The van der Waals surface area contributed by atoms with Gasteiger partial charge in [0.2, 0.25) is 11.8 Å². The second-order valence-electron chi connectivity index (χ2n) is 6.41. The first-order valence-corrected chi connectivity index (χ1v) is 9.10. The molecule has 0 spiro atoms. The Labute approximate surface area is 159 Å². The first-order valence-electron chi connectivity index (χ1n) is 9.10. The summed E-state index contributed by atoms with van der Waals surface area (Å²) in [4.78, 5) is 26.7. The highest BCUT2D eigenvalue weighted by atomic mass is 16.5. The number of methoxy groups -OCH3 is 1. The van der Waals surface area contributed by atoms with Crippen LogP contribution in [0.5, 0.6) is 0 Å². The van der Waals surface area contributed by atoms with Gasteiger partial charge in [0.05, 0.1) is 18.8 Å². The molecule has 0 unspecified atom stereocenters. The third-order valence-corrected chi connectivity index (χ3v) is 4.55. The van der Waals surface area contributed by atoms with Crippen LogP contribution in [0, 0.1) is 0 Å². The minimum Gasteiger partial charge on any atom is -0.383 e. The third kappa shape index (κ3) is 4.83. The molecular formula is C22H24N2O3. The Morgan fingerprint density at radius 3 is 2.52 bits per heavy atom. The maximum Gasteiger partial charge on any atom is 0.227 e. The zero-order valence-electron chi connectivity index (χ0n) is 15.5. The first kappa shape index (κ1) is 18.9. The molecule has 5 heteroatoms. The van der Waals surface area contributed by atoms with Crippen molar-refractivity contribution in [3.05, 3.63) is 65.2 Å². The van der Waals surface area contributed by atoms with Gasteiger partial charge in [-0.1, -0.05) is 54.6 Å². The van der Waals surface area contributed by atoms with Crippen LogP contribution >= 0.6 is 0 Å². The minimum atomic E-state index is -0.138. The van der Waals surface area contributed by atoms with E-state index in [9.17, 15) is 9.59 Å². The second kappa shape index (κ2) is 9.14. The van der Waals surface area contributed by atoms with Crippen molar-refractivity contribution in [2.24, 2.45) is 0 Å². The van der Waals surface area contributed by atoms with Crippen LogP contribution in [0.3, 0.4) is 0 Å². The van der Waals surface area contributed by atoms with Crippen molar-refractivity contribution in [1.82, 2.24) is 5.32 Å². The number of hydrogen-bond donors (Lipinski definition) is 1. The first-order chi connectivity index (χ1) is 13.2. The van der Waals surface area contributed by atoms with Gasteiger partial charge in [-0.15, -0.1) is 0 Å². The van der Waals surface area contributed by atoms with E-state index >= 15 is 0 Å². The van der Waals surface area contributed by atoms with E-state index in [1.807, 2.05) is 54.6 Å². The molecule has 1 aliphatic heterocycles. The quantitative estimate of drug-likeness (QED) is 0.801. The number of benzene rings is 2. The molecule has 2 amide bonds. The molecule has 1 N–H and O–H groups in total. The fraction of sp³-hybridized carbons (Fsp3) is 0.273. The topological polar surface area (TPSA) is 58.6 Å². The number of nitrogens with zero attached hydrogens (tertiary/aromatic N) is 1. The Balaban J connectivity index is 1.78. The van der Waals surface area contributed by atoms with Crippen molar-refractivity contribution >= 4 is 29.7 Å². The molecule has 0 atom stereocenters. The molecule has 0 radical (unpaired) electrons. The maximum atomic E-state index is 13.0. The minimum absolute atomic E-state index is 0.0607. The summed E-state index contributed by atoms with van der Waals surface area (Å²) in [6.45, 7) is 1.40. The molecule has 0 aliphatic carbocycles. The summed E-state index contributed by atoms with van der Waals surface area (Å²) >= 11 is 0. The SMILES string of the molecule is COCCNC(=O)CCC(=O)N1Cc2ccccc2/C=C\c2ccccc21. The van der Waals surface area contributed by atoms with Crippen molar-refractivity contribution in [1.29, 1.82) is 0 Å². The lowest BCUT2D eigenvalue weighted by molar-refractivity contribution is -0.125. The Hall–Kier alpha value is -2.92. The van der Waals surface area contributed by atoms with E-state index in [1.54, 1.807) is 12.0 Å². The zero-order valence-corrected chi connectivity index (χ0v) is 15.5. The highest BCUT2D eigenvalue weighted by Gasteiger charge is 2.21. The van der Waals surface area contributed by atoms with Gasteiger partial charge in [-0.05, 0) is 22.8 Å². The maximum absolute atomic E-state index is 13.0. The lowest BCUT2D eigenvalue weighted by Gasteiger charge is -2.27. The Kier molecular flexibility index (Phi) is 6.39. The molecule has 27 heavy (non-hydrogen) atoms. The van der Waals surface area contributed by atoms with Gasteiger partial charge in [-0.3, -0.25) is 9.59 Å². The number of ether oxygens (including phenoxy) is 1. The van der Waals surface area contributed by atoms with Gasteiger partial charge in [-0.2, -0.15) is 0 Å². The largest absolute Gasteiger partial charge is 0.383 e. The predicted molar refractivity (Wildman–Crippen MR) is 107 cm³/mol. The van der Waals surface area contributed by atoms with Crippen molar-refractivity contribution in [2.45, 2.75) is 19.4 Å². The van der Waals surface area contributed by atoms with Crippen molar-refractivity contribution in [3.63, 3.8) is 0 Å². The number of nitrogens with one attached hydrogen (secondary N) is 1. The Morgan fingerprint density at radius 1 is 1.00 bits per heavy atom. The van der Waals surface area contributed by atoms with Crippen LogP contribution in [0.2, 0.25) is 0 Å². The summed E-state index contributed by atoms with van der Waals surface area (Å²) < 4.78 is 4.91. The Morgan fingerprint density at radius 2 is 1.70 bits per heavy atom. The molecule has 0 fully saturated rings. The van der Waals surface area contributed by atoms with E-state index < -0.39 is 0 Å². The van der Waals surface area contributed by atoms with Gasteiger partial charge in [0, 0.05) is 26.5 Å². The summed E-state index contributed by atoms with van der Waals surface area (Å²) in [5.74, 6) is -0.199. The van der Waals surface area contributed by atoms with E-state index in [4.69, 9.17) is 4.74 Å². The van der Waals surface area contributed by atoms with Crippen LogP contribution in [0.1, 0.15) is 29.5 Å². The molecule has 0 saturated carbocycles. The van der Waals surface area contributed by atoms with Crippen LogP contribution in [-0.4, -0.2) is 32.1 Å². The van der Waals surface area contributed by atoms with Gasteiger partial charge in [0.25, 0.3) is 0 Å². The van der Waals surface area contributed by atoms with E-state index in [1.165, 1.54) is 0 Å². The van der Waals surface area contributed by atoms with Gasteiger partial charge < -0.3 is 15.0 Å². The highest BCUT2D eigenvalue weighted by Crippen LogP contribution is 2.29. The van der Waals surface area contributed by atoms with Crippen molar-refractivity contribution in [3.8, 4) is 0 Å². The van der Waals surface area contributed by atoms with Crippen LogP contribution in [0.15, 0.2) is 48.5 Å². The summed E-state index contributed by atoms with van der Waals surface area (Å²) in [7, 11) is 1.58. The van der Waals surface area contributed by atoms with E-state index in [2.05, 4.69) is 11.4 Å². The fourth-order valence-corrected chi connectivity index (χ4v) is 3.11. The van der Waals surface area contributed by atoms with Crippen LogP contribution in [0.4, 0.5) is 5.69 Å². The van der Waals surface area contributed by atoms with E-state index in [-0.39, 0.29) is 24.7 Å². The fourth-order valence-electron chi connectivity index (χ4n) is 3.11. The van der Waals surface area contributed by atoms with Crippen molar-refractivity contribution in [2.75, 3.05) is 25.2 Å². The number of fused-ring (bicyclic) bond motifs is 2. The number of hydrogen-bond acceptors (Lipinski definition) is 3. The zero-order chi connectivity index (χ0) is 19.1. The summed E-state index contributed by atoms with van der Waals surface area (Å²) in [6.07, 6.45) is 4.45. The smallest absolute Gasteiger partial charge is 0.227 e. The average molecular weight is 364 g/mol. The molecule has 3 rings (SSSR count). The second-order valence-corrected chi connectivity index (χ2v) is 6.41. The summed E-state index contributed by atoms with van der Waals surface area (Å²) in [5.41, 5.74) is 4.04. The molecular weight excluding hydrogens is 340 g/mol. The van der Waals surface area contributed by atoms with Crippen molar-refractivity contribution < 1.29 is 14.3 Å². The lowest BCUT2D eigenvalue weighted by atomic mass is 10.0. The average Bonchev–Trinajstić information content (AvgIpc) is 2.68. The van der Waals surface area contributed by atoms with Gasteiger partial charge in [0.15, 0.2) is 0 Å². The van der Waals surface area contributed by atoms with Crippen LogP contribution in [-0.2, 0) is 20.9 Å². The normalized spacial score (nSPS) is 13.7. The number of para-hydroxylation sites is 1. The van der Waals surface area contributed by atoms with Crippen LogP contribution < -0.4 is 10.2 Å². The molecule has 2 aromatic carbocycles. The van der Waals surface area contributed by atoms with E-state index in [0.29, 0.717) is 19.7 Å². The van der Waals surface area contributed by atoms with Crippen LogP contribution in [0.25, 0.3) is 12.2 Å².